The molecule has 2 fully saturated rings. The van der Waals surface area contributed by atoms with E-state index in [4.69, 9.17) is 43.7 Å². The number of carbonyl (C=O) groups is 5. The molecule has 432 valence electrons. The van der Waals surface area contributed by atoms with E-state index in [1.807, 2.05) is 0 Å². The summed E-state index contributed by atoms with van der Waals surface area (Å²) in [7, 11) is -2.40. The number of rotatable bonds is 24. The summed E-state index contributed by atoms with van der Waals surface area (Å²) in [6.07, 6.45) is -6.22. The number of aromatic nitrogens is 4. The predicted molar refractivity (Wildman–Crippen MR) is 285 cm³/mol. The van der Waals surface area contributed by atoms with Gasteiger partial charge < -0.3 is 72.4 Å². The Balaban J connectivity index is 0.921. The first-order valence-corrected chi connectivity index (χ1v) is 27.4. The molecule has 0 bridgehead atoms. The van der Waals surface area contributed by atoms with E-state index in [-0.39, 0.29) is 115 Å². The molecule has 3 aliphatic heterocycles. The summed E-state index contributed by atoms with van der Waals surface area (Å²) in [5, 5.41) is 61.5. The van der Waals surface area contributed by atoms with Gasteiger partial charge in [-0.1, -0.05) is 5.21 Å². The number of carbonyl (C=O) groups excluding carboxylic acids is 5. The average molecular weight is 1160 g/mol. The zero-order valence-electron chi connectivity index (χ0n) is 43.9. The Kier molecular flexibility index (Phi) is 17.8. The molecule has 2 aromatic heterocycles. The fraction of sp³-hybridized carbons (Fsp3) is 0.415. The first-order chi connectivity index (χ1) is 38.8. The van der Waals surface area contributed by atoms with Crippen LogP contribution in [0.3, 0.4) is 0 Å². The summed E-state index contributed by atoms with van der Waals surface area (Å²) in [4.78, 5) is 71.4. The van der Waals surface area contributed by atoms with Gasteiger partial charge >= 0.3 is 10.4 Å². The molecule has 6 atom stereocenters. The molecule has 1 unspecified atom stereocenters. The van der Waals surface area contributed by atoms with Crippen LogP contribution in [0, 0.1) is 0 Å². The summed E-state index contributed by atoms with van der Waals surface area (Å²) in [6.45, 7) is 1.81. The molecule has 2 saturated heterocycles. The number of amides is 4. The van der Waals surface area contributed by atoms with Gasteiger partial charge in [0.25, 0.3) is 11.8 Å². The number of methoxy groups -OCH3 is 1. The highest BCUT2D eigenvalue weighted by molar-refractivity contribution is 7.82. The van der Waals surface area contributed by atoms with Gasteiger partial charge in [-0.2, -0.15) is 0 Å². The summed E-state index contributed by atoms with van der Waals surface area (Å²) >= 11 is 6.56. The number of aromatic hydroxyl groups is 1. The number of aliphatic hydroxyl groups is 4. The van der Waals surface area contributed by atoms with Crippen molar-refractivity contribution in [2.24, 2.45) is 0 Å². The highest BCUT2D eigenvalue weighted by atomic mass is 35.5. The molecular weight excluding hydrogens is 1110 g/mol. The third-order valence-electron chi connectivity index (χ3n) is 14.0. The molecule has 6 N–H and O–H groups in total. The fourth-order valence-corrected chi connectivity index (χ4v) is 10.7. The Morgan fingerprint density at radius 1 is 0.877 bits per heavy atom. The molecule has 4 amide bonds. The van der Waals surface area contributed by atoms with E-state index in [0.29, 0.717) is 47.4 Å². The van der Waals surface area contributed by atoms with Crippen molar-refractivity contribution in [1.29, 1.82) is 0 Å². The number of hydrogen-bond acceptors (Lipinski definition) is 21. The van der Waals surface area contributed by atoms with Crippen LogP contribution in [0.5, 0.6) is 28.7 Å². The second-order valence-corrected chi connectivity index (χ2v) is 20.8. The zero-order valence-corrected chi connectivity index (χ0v) is 45.5. The van der Waals surface area contributed by atoms with E-state index >= 15 is 0 Å². The van der Waals surface area contributed by atoms with Crippen LogP contribution in [0.4, 0.5) is 5.69 Å². The Morgan fingerprint density at radius 2 is 1.62 bits per heavy atom. The average Bonchev–Trinajstić information content (AvgIpc) is 4.48. The molecule has 0 saturated carbocycles. The number of hydrogen-bond donors (Lipinski definition) is 6. The van der Waals surface area contributed by atoms with Crippen molar-refractivity contribution < 1.29 is 90.0 Å². The second kappa shape index (κ2) is 24.7. The molecule has 26 nitrogen and oxygen atoms in total. The van der Waals surface area contributed by atoms with E-state index in [1.165, 1.54) is 66.1 Å². The van der Waals surface area contributed by atoms with E-state index in [9.17, 15) is 57.9 Å². The number of phenolic OH excluding ortho intramolecular Hbond substituents is 1. The van der Waals surface area contributed by atoms with Crippen molar-refractivity contribution in [3.8, 4) is 28.7 Å². The van der Waals surface area contributed by atoms with E-state index in [2.05, 4.69) is 15.3 Å². The maximum Gasteiger partial charge on any atom is 0.501 e. The largest absolute Gasteiger partial charge is 0.507 e. The topological polar surface area (TPSA) is 341 Å². The molecule has 4 aromatic carbocycles. The third kappa shape index (κ3) is 12.6. The maximum absolute atomic E-state index is 14.5. The van der Waals surface area contributed by atoms with Crippen LogP contribution >= 0.6 is 11.6 Å². The fourth-order valence-electron chi connectivity index (χ4n) is 9.74. The van der Waals surface area contributed by atoms with E-state index in [0.717, 1.165) is 12.1 Å². The van der Waals surface area contributed by atoms with Crippen molar-refractivity contribution in [3.05, 3.63) is 94.9 Å². The lowest BCUT2D eigenvalue weighted by Gasteiger charge is -2.39. The van der Waals surface area contributed by atoms with Crippen LogP contribution in [0.1, 0.15) is 68.1 Å². The number of H-pyrrole nitrogens is 1. The first kappa shape index (κ1) is 58.2. The Bertz CT molecular complexity index is 3470. The van der Waals surface area contributed by atoms with Crippen LogP contribution in [-0.2, 0) is 47.2 Å². The van der Waals surface area contributed by atoms with Crippen molar-refractivity contribution >= 4 is 78.8 Å². The lowest BCUT2D eigenvalue weighted by molar-refractivity contribution is -0.277. The monoisotopic (exact) mass is 1160 g/mol. The normalized spacial score (nSPS) is 20.0. The number of likely N-dealkylation sites (tertiary alicyclic amines) is 1. The molecule has 6 aromatic rings. The van der Waals surface area contributed by atoms with Crippen molar-refractivity contribution in [1.82, 2.24) is 29.8 Å². The molecule has 0 spiro atoms. The van der Waals surface area contributed by atoms with Gasteiger partial charge in [0.15, 0.2) is 23.0 Å². The van der Waals surface area contributed by atoms with Gasteiger partial charge in [0, 0.05) is 79.8 Å². The third-order valence-corrected chi connectivity index (χ3v) is 15.1. The van der Waals surface area contributed by atoms with Crippen molar-refractivity contribution in [2.45, 2.75) is 69.4 Å². The Hall–Kier alpha value is -7.47. The van der Waals surface area contributed by atoms with Gasteiger partial charge in [-0.25, -0.2) is 4.68 Å². The molecule has 81 heavy (non-hydrogen) atoms. The van der Waals surface area contributed by atoms with E-state index < -0.39 is 82.7 Å². The number of phenols is 1. The number of alkyl halides is 1. The van der Waals surface area contributed by atoms with Gasteiger partial charge in [-0.15, -0.1) is 25.1 Å². The highest BCUT2D eigenvalue weighted by Gasteiger charge is 2.45. The molecular formula is C53H58ClN7O19S. The van der Waals surface area contributed by atoms with Crippen LogP contribution in [0.25, 0.3) is 21.7 Å². The summed E-state index contributed by atoms with van der Waals surface area (Å²) < 4.78 is 69.8. The number of nitrogens with one attached hydrogen (secondary N) is 1. The minimum Gasteiger partial charge on any atom is -0.507 e. The Morgan fingerprint density at radius 3 is 2.35 bits per heavy atom. The number of benzene rings is 4. The first-order valence-electron chi connectivity index (χ1n) is 25.6. The second-order valence-electron chi connectivity index (χ2n) is 19.3. The maximum atomic E-state index is 14.5. The van der Waals surface area contributed by atoms with Crippen LogP contribution in [0.15, 0.2) is 66.9 Å². The Labute approximate surface area is 467 Å². The van der Waals surface area contributed by atoms with Gasteiger partial charge in [-0.3, -0.25) is 28.9 Å². The summed E-state index contributed by atoms with van der Waals surface area (Å²) in [6, 6.07) is 13.9. The standard InChI is InChI=1S/C53H58ClN7O19S/c1-28(63)45-38(64)8-4-29-20-36(55-47(29)45)52(71)61-25-31(24-54)46-35-22-33(74-3)6-7-34(35)40(23-37(46)61)79-81(72,73)80-41-21-30(5-9-39(41)77-53-50(69)49(68)48(67)42(27-62)78-53)51(70)58(2)13-17-76-18-14-59-26-32(56-57-59)12-16-75-19-15-60-43(65)10-11-44(60)66/h4-9,20-23,26,31,42,48-50,53,55,62,64,67-69H,10-19,24-25,27H2,1-3H3/t31-,42-,48+,49+,50?,53-/m1/s1. The number of aliphatic hydroxyl groups excluding tert-OH is 4. The minimum absolute atomic E-state index is 0.0148. The van der Waals surface area contributed by atoms with Gasteiger partial charge in [0.1, 0.15) is 41.6 Å². The molecule has 0 aliphatic carbocycles. The number of Topliss-reactive ketones (excluding diaryl/α,β-unsaturated/α-hetero) is 1. The smallest absolute Gasteiger partial charge is 0.501 e. The van der Waals surface area contributed by atoms with Gasteiger partial charge in [0.05, 0.1) is 75.7 Å². The molecule has 5 heterocycles. The molecule has 0 radical (unpaired) electrons. The number of fused-ring (bicyclic) bond motifs is 4. The van der Waals surface area contributed by atoms with Gasteiger partial charge in [-0.05, 0) is 72.5 Å². The molecule has 28 heteroatoms. The van der Waals surface area contributed by atoms with Gasteiger partial charge in [0.2, 0.25) is 18.1 Å². The number of ketones is 1. The van der Waals surface area contributed by atoms with E-state index in [1.54, 1.807) is 29.1 Å². The summed E-state index contributed by atoms with van der Waals surface area (Å²) in [5.41, 5.74) is 1.53. The van der Waals surface area contributed by atoms with Crippen LogP contribution in [-0.4, -0.2) is 197 Å². The zero-order chi connectivity index (χ0) is 57.9. The number of halogens is 1. The number of imide groups is 1. The van der Waals surface area contributed by atoms with Crippen molar-refractivity contribution in [2.75, 3.05) is 77.6 Å². The van der Waals surface area contributed by atoms with Crippen LogP contribution < -0.4 is 22.7 Å². The number of likely N-dealkylation sites (N-methyl/N-ethyl adjacent to an activating group) is 1. The lowest BCUT2D eigenvalue weighted by atomic mass is 9.95. The van der Waals surface area contributed by atoms with Crippen LogP contribution in [0.2, 0.25) is 0 Å². The molecule has 9 rings (SSSR count). The lowest BCUT2D eigenvalue weighted by Crippen LogP contribution is -2.60. The van der Waals surface area contributed by atoms with Crippen molar-refractivity contribution in [3.63, 3.8) is 0 Å². The SMILES string of the molecule is COc1ccc2c(OS(=O)(=O)Oc3cc(C(=O)N(C)CCOCCn4cc(CCOCCN5C(=O)CCC5=O)nn4)ccc3O[C@@H]3O[C@H](CO)[C@H](O)[C@H](O)C3O)cc3c(c2c1)[C@H](CCl)CN3C(=O)c1cc2ccc(O)c(C(C)=O)c2[nH]1. The predicted octanol–water partition coefficient (Wildman–Crippen LogP) is 2.19. The number of ether oxygens (including phenoxy) is 5. The number of anilines is 1. The number of nitrogens with zero attached hydrogens (tertiary/aromatic N) is 6. The quantitative estimate of drug-likeness (QED) is 0.0219. The minimum atomic E-state index is -5.31. The molecule has 3 aliphatic rings. The summed E-state index contributed by atoms with van der Waals surface area (Å²) in [5.74, 6) is -3.94. The highest BCUT2D eigenvalue weighted by Crippen LogP contribution is 2.48. The number of aromatic amines is 1.